The van der Waals surface area contributed by atoms with E-state index in [0.717, 1.165) is 25.1 Å². The maximum Gasteiger partial charge on any atom is 0.264 e. The number of aromatic nitrogens is 2. The quantitative estimate of drug-likeness (QED) is 0.850. The minimum atomic E-state index is -0.0319. The van der Waals surface area contributed by atoms with Crippen LogP contribution in [0.15, 0.2) is 0 Å². The fourth-order valence-electron chi connectivity index (χ4n) is 1.63. The lowest BCUT2D eigenvalue weighted by Gasteiger charge is -2.13. The number of hydrogen-bond acceptors (Lipinski definition) is 4. The average Bonchev–Trinajstić information content (AvgIpc) is 2.79. The molecule has 0 aliphatic heterocycles. The molecule has 0 aliphatic carbocycles. The Hall–Kier alpha value is -0.970. The SMILES string of the molecule is CCC(CC)CNC(=O)c1snnc1C(C)C. The minimum absolute atomic E-state index is 0.0319. The van der Waals surface area contributed by atoms with Gasteiger partial charge in [-0.25, -0.2) is 0 Å². The smallest absolute Gasteiger partial charge is 0.264 e. The van der Waals surface area contributed by atoms with Crippen molar-refractivity contribution in [1.29, 1.82) is 0 Å². The van der Waals surface area contributed by atoms with E-state index in [2.05, 4.69) is 28.8 Å². The first-order valence-corrected chi connectivity index (χ1v) is 6.97. The lowest BCUT2D eigenvalue weighted by Crippen LogP contribution is -2.29. The maximum absolute atomic E-state index is 12.0. The van der Waals surface area contributed by atoms with Crippen LogP contribution in [-0.2, 0) is 0 Å². The normalized spacial score (nSPS) is 11.2. The van der Waals surface area contributed by atoms with Crippen LogP contribution in [0.4, 0.5) is 0 Å². The predicted octanol–water partition coefficient (Wildman–Crippen LogP) is 2.83. The third-order valence-corrected chi connectivity index (χ3v) is 3.71. The molecule has 0 spiro atoms. The van der Waals surface area contributed by atoms with Gasteiger partial charge in [0.25, 0.3) is 5.91 Å². The van der Waals surface area contributed by atoms with Crippen LogP contribution in [0.3, 0.4) is 0 Å². The third-order valence-electron chi connectivity index (χ3n) is 2.97. The number of nitrogens with one attached hydrogen (secondary N) is 1. The first-order chi connectivity index (χ1) is 8.10. The van der Waals surface area contributed by atoms with E-state index in [0.29, 0.717) is 10.8 Å². The molecule has 1 rings (SSSR count). The molecule has 1 N–H and O–H groups in total. The molecule has 0 aliphatic rings. The number of amides is 1. The number of carbonyl (C=O) groups is 1. The van der Waals surface area contributed by atoms with Crippen molar-refractivity contribution < 1.29 is 4.79 Å². The van der Waals surface area contributed by atoms with Crippen LogP contribution in [0.2, 0.25) is 0 Å². The highest BCUT2D eigenvalue weighted by Crippen LogP contribution is 2.19. The van der Waals surface area contributed by atoms with E-state index in [9.17, 15) is 4.79 Å². The summed E-state index contributed by atoms with van der Waals surface area (Å²) in [6, 6.07) is 0. The van der Waals surface area contributed by atoms with Gasteiger partial charge in [-0.2, -0.15) is 0 Å². The summed E-state index contributed by atoms with van der Waals surface area (Å²) in [7, 11) is 0. The van der Waals surface area contributed by atoms with Gasteiger partial charge in [-0.05, 0) is 23.4 Å². The fourth-order valence-corrected chi connectivity index (χ4v) is 2.36. The van der Waals surface area contributed by atoms with Gasteiger partial charge >= 0.3 is 0 Å². The number of hydrogen-bond donors (Lipinski definition) is 1. The van der Waals surface area contributed by atoms with Gasteiger partial charge in [0.15, 0.2) is 0 Å². The zero-order valence-electron chi connectivity index (χ0n) is 11.0. The summed E-state index contributed by atoms with van der Waals surface area (Å²) in [5, 5.41) is 6.99. The van der Waals surface area contributed by atoms with E-state index in [1.165, 1.54) is 11.5 Å². The molecule has 1 aromatic heterocycles. The first kappa shape index (κ1) is 14.1. The Morgan fingerprint density at radius 1 is 1.35 bits per heavy atom. The zero-order chi connectivity index (χ0) is 12.8. The largest absolute Gasteiger partial charge is 0.351 e. The Balaban J connectivity index is 2.61. The lowest BCUT2D eigenvalue weighted by atomic mass is 10.0. The summed E-state index contributed by atoms with van der Waals surface area (Å²) in [5.74, 6) is 0.764. The molecule has 5 heteroatoms. The summed E-state index contributed by atoms with van der Waals surface area (Å²) in [4.78, 5) is 12.6. The van der Waals surface area contributed by atoms with Crippen molar-refractivity contribution in [2.75, 3.05) is 6.54 Å². The summed E-state index contributed by atoms with van der Waals surface area (Å²) in [6.45, 7) is 9.08. The number of nitrogens with zero attached hydrogens (tertiary/aromatic N) is 2. The second-order valence-electron chi connectivity index (χ2n) is 4.53. The molecule has 0 radical (unpaired) electrons. The van der Waals surface area contributed by atoms with Gasteiger partial charge in [0.1, 0.15) is 4.88 Å². The second kappa shape index (κ2) is 6.69. The van der Waals surface area contributed by atoms with Crippen LogP contribution in [0, 0.1) is 5.92 Å². The fraction of sp³-hybridized carbons (Fsp3) is 0.750. The summed E-state index contributed by atoms with van der Waals surface area (Å²) in [5.41, 5.74) is 0.803. The summed E-state index contributed by atoms with van der Waals surface area (Å²) >= 11 is 1.18. The van der Waals surface area contributed by atoms with Gasteiger partial charge in [-0.3, -0.25) is 4.79 Å². The molecule has 4 nitrogen and oxygen atoms in total. The number of rotatable bonds is 6. The summed E-state index contributed by atoms with van der Waals surface area (Å²) < 4.78 is 3.86. The monoisotopic (exact) mass is 255 g/mol. The van der Waals surface area contributed by atoms with Gasteiger partial charge in [-0.1, -0.05) is 45.0 Å². The van der Waals surface area contributed by atoms with Crippen molar-refractivity contribution >= 4 is 17.4 Å². The maximum atomic E-state index is 12.0. The van der Waals surface area contributed by atoms with E-state index < -0.39 is 0 Å². The van der Waals surface area contributed by atoms with Crippen LogP contribution in [0.25, 0.3) is 0 Å². The van der Waals surface area contributed by atoms with E-state index in [-0.39, 0.29) is 11.8 Å². The highest BCUT2D eigenvalue weighted by atomic mass is 32.1. The topological polar surface area (TPSA) is 54.9 Å². The van der Waals surface area contributed by atoms with Gasteiger partial charge in [0.2, 0.25) is 0 Å². The predicted molar refractivity (Wildman–Crippen MR) is 70.4 cm³/mol. The van der Waals surface area contributed by atoms with Gasteiger partial charge in [0, 0.05) is 6.54 Å². The van der Waals surface area contributed by atoms with E-state index >= 15 is 0 Å². The second-order valence-corrected chi connectivity index (χ2v) is 5.29. The molecule has 1 amide bonds. The molecule has 96 valence electrons. The molecule has 0 saturated carbocycles. The molecule has 0 fully saturated rings. The van der Waals surface area contributed by atoms with Gasteiger partial charge < -0.3 is 5.32 Å². The molecular formula is C12H21N3OS. The highest BCUT2D eigenvalue weighted by molar-refractivity contribution is 7.08. The molecule has 1 heterocycles. The van der Waals surface area contributed by atoms with Crippen molar-refractivity contribution in [2.24, 2.45) is 5.92 Å². The van der Waals surface area contributed by atoms with E-state index in [1.54, 1.807) is 0 Å². The Labute approximate surface area is 107 Å². The van der Waals surface area contributed by atoms with Gasteiger partial charge in [0.05, 0.1) is 5.69 Å². The Morgan fingerprint density at radius 3 is 2.53 bits per heavy atom. The molecule has 0 bridgehead atoms. The van der Waals surface area contributed by atoms with E-state index in [1.807, 2.05) is 13.8 Å². The van der Waals surface area contributed by atoms with Crippen LogP contribution in [0.1, 0.15) is 61.8 Å². The van der Waals surface area contributed by atoms with Crippen LogP contribution in [-0.4, -0.2) is 22.0 Å². The molecule has 1 aromatic rings. The first-order valence-electron chi connectivity index (χ1n) is 6.20. The Morgan fingerprint density at radius 2 is 2.00 bits per heavy atom. The number of carbonyl (C=O) groups excluding carboxylic acids is 1. The minimum Gasteiger partial charge on any atom is -0.351 e. The van der Waals surface area contributed by atoms with Crippen molar-refractivity contribution in [1.82, 2.24) is 14.9 Å². The van der Waals surface area contributed by atoms with Crippen LogP contribution < -0.4 is 5.32 Å². The molecular weight excluding hydrogens is 234 g/mol. The van der Waals surface area contributed by atoms with Crippen molar-refractivity contribution in [3.8, 4) is 0 Å². The average molecular weight is 255 g/mol. The molecule has 0 saturated heterocycles. The Kier molecular flexibility index (Phi) is 5.55. The summed E-state index contributed by atoms with van der Waals surface area (Å²) in [6.07, 6.45) is 2.18. The lowest BCUT2D eigenvalue weighted by molar-refractivity contribution is 0.0949. The molecule has 17 heavy (non-hydrogen) atoms. The zero-order valence-corrected chi connectivity index (χ0v) is 11.8. The van der Waals surface area contributed by atoms with Crippen molar-refractivity contribution in [2.45, 2.75) is 46.5 Å². The Bertz CT molecular complexity index is 358. The molecule has 0 unspecified atom stereocenters. The highest BCUT2D eigenvalue weighted by Gasteiger charge is 2.18. The third kappa shape index (κ3) is 3.77. The van der Waals surface area contributed by atoms with Crippen LogP contribution >= 0.6 is 11.5 Å². The van der Waals surface area contributed by atoms with Crippen molar-refractivity contribution in [3.63, 3.8) is 0 Å². The molecule has 0 aromatic carbocycles. The van der Waals surface area contributed by atoms with E-state index in [4.69, 9.17) is 0 Å². The van der Waals surface area contributed by atoms with Crippen LogP contribution in [0.5, 0.6) is 0 Å². The van der Waals surface area contributed by atoms with Gasteiger partial charge in [-0.15, -0.1) is 5.10 Å². The molecule has 0 atom stereocenters. The standard InChI is InChI=1S/C12H21N3OS/c1-5-9(6-2)7-13-12(16)11-10(8(3)4)14-15-17-11/h8-9H,5-7H2,1-4H3,(H,13,16). The van der Waals surface area contributed by atoms with Crippen molar-refractivity contribution in [3.05, 3.63) is 10.6 Å².